The van der Waals surface area contributed by atoms with E-state index in [1.54, 1.807) is 6.26 Å². The SMILES string of the molecule is CN(C)c1ccc(CNC(=O)CN2c3ccccc3NC3=C(C(=O)CCC3)C2c2ccco2)cc1. The van der Waals surface area contributed by atoms with Crippen LogP contribution in [-0.2, 0) is 16.1 Å². The van der Waals surface area contributed by atoms with Gasteiger partial charge in [0.15, 0.2) is 5.78 Å². The van der Waals surface area contributed by atoms with Crippen molar-refractivity contribution in [3.63, 3.8) is 0 Å². The zero-order valence-corrected chi connectivity index (χ0v) is 20.1. The minimum absolute atomic E-state index is 0.0872. The number of para-hydroxylation sites is 2. The van der Waals surface area contributed by atoms with Crippen molar-refractivity contribution < 1.29 is 14.0 Å². The first-order valence-electron chi connectivity index (χ1n) is 12.0. The van der Waals surface area contributed by atoms with Crippen LogP contribution >= 0.6 is 0 Å². The molecule has 1 aromatic heterocycles. The van der Waals surface area contributed by atoms with E-state index in [0.717, 1.165) is 41.2 Å². The number of allylic oxidation sites excluding steroid dienone is 1. The summed E-state index contributed by atoms with van der Waals surface area (Å²) in [5, 5.41) is 6.55. The minimum atomic E-state index is -0.478. The second-order valence-electron chi connectivity index (χ2n) is 9.19. The maximum Gasteiger partial charge on any atom is 0.239 e. The number of amides is 1. The molecule has 2 heterocycles. The monoisotopic (exact) mass is 470 g/mol. The Balaban J connectivity index is 1.45. The van der Waals surface area contributed by atoms with Crippen molar-refractivity contribution in [1.82, 2.24) is 5.32 Å². The van der Waals surface area contributed by atoms with Crippen molar-refractivity contribution in [1.29, 1.82) is 0 Å². The number of fused-ring (bicyclic) bond motifs is 1. The standard InChI is InChI=1S/C28H30N4O3/c1-31(2)20-14-12-19(13-15-20)17-29-26(34)18-32-23-9-4-3-7-21(23)30-22-8-5-10-24(33)27(22)28(32)25-11-6-16-35-25/h3-4,6-7,9,11-16,28,30H,5,8,10,17-18H2,1-2H3,(H,29,34). The Labute approximate surface area is 205 Å². The average Bonchev–Trinajstić information content (AvgIpc) is 3.34. The smallest absolute Gasteiger partial charge is 0.239 e. The van der Waals surface area contributed by atoms with Crippen molar-refractivity contribution >= 4 is 28.8 Å². The summed E-state index contributed by atoms with van der Waals surface area (Å²) in [6.07, 6.45) is 3.71. The number of carbonyl (C=O) groups excluding carboxylic acids is 2. The van der Waals surface area contributed by atoms with Crippen LogP contribution in [0.4, 0.5) is 17.1 Å². The van der Waals surface area contributed by atoms with Crippen LogP contribution < -0.4 is 20.4 Å². The van der Waals surface area contributed by atoms with Gasteiger partial charge in [0, 0.05) is 44.0 Å². The number of hydrogen-bond acceptors (Lipinski definition) is 6. The van der Waals surface area contributed by atoms with Crippen LogP contribution in [0.5, 0.6) is 0 Å². The predicted octanol–water partition coefficient (Wildman–Crippen LogP) is 4.64. The van der Waals surface area contributed by atoms with Gasteiger partial charge in [-0.2, -0.15) is 0 Å². The van der Waals surface area contributed by atoms with Crippen LogP contribution in [0.25, 0.3) is 0 Å². The third-order valence-corrected chi connectivity index (χ3v) is 6.61. The van der Waals surface area contributed by atoms with Gasteiger partial charge in [-0.1, -0.05) is 24.3 Å². The molecule has 3 aromatic rings. The van der Waals surface area contributed by atoms with E-state index in [1.165, 1.54) is 0 Å². The van der Waals surface area contributed by atoms with Gasteiger partial charge in [-0.25, -0.2) is 0 Å². The maximum absolute atomic E-state index is 13.2. The summed E-state index contributed by atoms with van der Waals surface area (Å²) < 4.78 is 5.82. The summed E-state index contributed by atoms with van der Waals surface area (Å²) in [5.41, 5.74) is 5.49. The second kappa shape index (κ2) is 9.70. The number of benzene rings is 2. The summed E-state index contributed by atoms with van der Waals surface area (Å²) in [4.78, 5) is 30.4. The van der Waals surface area contributed by atoms with E-state index in [4.69, 9.17) is 4.42 Å². The molecule has 1 aliphatic carbocycles. The van der Waals surface area contributed by atoms with Crippen molar-refractivity contribution in [3.05, 3.63) is 89.5 Å². The highest BCUT2D eigenvalue weighted by atomic mass is 16.3. The van der Waals surface area contributed by atoms with E-state index in [9.17, 15) is 9.59 Å². The third kappa shape index (κ3) is 4.67. The zero-order valence-electron chi connectivity index (χ0n) is 20.1. The molecule has 0 radical (unpaired) electrons. The number of rotatable bonds is 6. The lowest BCUT2D eigenvalue weighted by molar-refractivity contribution is -0.120. The highest BCUT2D eigenvalue weighted by Gasteiger charge is 2.38. The summed E-state index contributed by atoms with van der Waals surface area (Å²) in [5.74, 6) is 0.623. The fraction of sp³-hybridized carbons (Fsp3) is 0.286. The lowest BCUT2D eigenvalue weighted by atomic mass is 9.88. The lowest BCUT2D eigenvalue weighted by Gasteiger charge is -2.33. The average molecular weight is 471 g/mol. The van der Waals surface area contributed by atoms with E-state index in [0.29, 0.717) is 24.3 Å². The number of Topliss-reactive ketones (excluding diaryl/α,β-unsaturated/α-hetero) is 1. The van der Waals surface area contributed by atoms with Crippen LogP contribution in [0.15, 0.2) is 82.6 Å². The molecule has 7 heteroatoms. The normalized spacial score (nSPS) is 17.3. The van der Waals surface area contributed by atoms with Crippen LogP contribution in [0, 0.1) is 0 Å². The minimum Gasteiger partial charge on any atom is -0.467 e. The lowest BCUT2D eigenvalue weighted by Crippen LogP contribution is -2.41. The number of nitrogens with zero attached hydrogens (tertiary/aromatic N) is 2. The van der Waals surface area contributed by atoms with Crippen LogP contribution in [-0.4, -0.2) is 32.3 Å². The highest BCUT2D eigenvalue weighted by molar-refractivity contribution is 6.01. The van der Waals surface area contributed by atoms with Gasteiger partial charge in [-0.15, -0.1) is 0 Å². The molecule has 1 atom stereocenters. The van der Waals surface area contributed by atoms with E-state index >= 15 is 0 Å². The molecule has 180 valence electrons. The second-order valence-corrected chi connectivity index (χ2v) is 9.19. The third-order valence-electron chi connectivity index (χ3n) is 6.61. The summed E-state index contributed by atoms with van der Waals surface area (Å²) >= 11 is 0. The molecule has 0 spiro atoms. The molecule has 2 aliphatic rings. The van der Waals surface area contributed by atoms with Crippen molar-refractivity contribution in [3.8, 4) is 0 Å². The molecule has 0 saturated heterocycles. The Bertz CT molecular complexity index is 1250. The molecule has 1 amide bonds. The molecule has 5 rings (SSSR count). The largest absolute Gasteiger partial charge is 0.467 e. The van der Waals surface area contributed by atoms with Gasteiger partial charge >= 0.3 is 0 Å². The van der Waals surface area contributed by atoms with Crippen LogP contribution in [0.1, 0.15) is 36.6 Å². The van der Waals surface area contributed by atoms with Crippen LogP contribution in [0.2, 0.25) is 0 Å². The molecule has 0 fully saturated rings. The van der Waals surface area contributed by atoms with Gasteiger partial charge < -0.3 is 24.9 Å². The van der Waals surface area contributed by atoms with E-state index in [-0.39, 0.29) is 18.2 Å². The molecular weight excluding hydrogens is 440 g/mol. The molecule has 7 nitrogen and oxygen atoms in total. The molecule has 0 saturated carbocycles. The van der Waals surface area contributed by atoms with E-state index in [1.807, 2.05) is 84.6 Å². The first kappa shape index (κ1) is 22.8. The summed E-state index contributed by atoms with van der Waals surface area (Å²) in [7, 11) is 4.00. The van der Waals surface area contributed by atoms with Gasteiger partial charge in [0.1, 0.15) is 11.8 Å². The van der Waals surface area contributed by atoms with Crippen LogP contribution in [0.3, 0.4) is 0 Å². The maximum atomic E-state index is 13.2. The molecule has 2 aromatic carbocycles. The van der Waals surface area contributed by atoms with E-state index in [2.05, 4.69) is 10.6 Å². The van der Waals surface area contributed by atoms with E-state index < -0.39 is 6.04 Å². The fourth-order valence-electron chi connectivity index (χ4n) is 4.84. The first-order chi connectivity index (χ1) is 17.0. The van der Waals surface area contributed by atoms with Gasteiger partial charge in [-0.3, -0.25) is 9.59 Å². The number of carbonyl (C=O) groups is 2. The molecule has 2 N–H and O–H groups in total. The Morgan fingerprint density at radius 1 is 1.09 bits per heavy atom. The molecule has 1 aliphatic heterocycles. The molecule has 35 heavy (non-hydrogen) atoms. The number of hydrogen-bond donors (Lipinski definition) is 2. The Morgan fingerprint density at radius 3 is 2.63 bits per heavy atom. The quantitative estimate of drug-likeness (QED) is 0.547. The van der Waals surface area contributed by atoms with Gasteiger partial charge in [0.25, 0.3) is 0 Å². The first-order valence-corrected chi connectivity index (χ1v) is 12.0. The number of ketones is 1. The number of anilines is 3. The summed E-state index contributed by atoms with van der Waals surface area (Å²) in [6, 6.07) is 19.2. The Hall–Kier alpha value is -4.00. The Morgan fingerprint density at radius 2 is 1.89 bits per heavy atom. The molecular formula is C28H30N4O3. The number of nitrogens with one attached hydrogen (secondary N) is 2. The van der Waals surface area contributed by atoms with Gasteiger partial charge in [0.2, 0.25) is 5.91 Å². The molecule has 1 unspecified atom stereocenters. The highest BCUT2D eigenvalue weighted by Crippen LogP contribution is 2.44. The molecule has 0 bridgehead atoms. The predicted molar refractivity (Wildman–Crippen MR) is 137 cm³/mol. The van der Waals surface area contributed by atoms with Crippen molar-refractivity contribution in [2.24, 2.45) is 0 Å². The number of furan rings is 1. The van der Waals surface area contributed by atoms with Gasteiger partial charge in [0.05, 0.1) is 24.2 Å². The topological polar surface area (TPSA) is 77.8 Å². The zero-order chi connectivity index (χ0) is 24.4. The van der Waals surface area contributed by atoms with Crippen molar-refractivity contribution in [2.75, 3.05) is 35.8 Å². The van der Waals surface area contributed by atoms with Crippen molar-refractivity contribution in [2.45, 2.75) is 31.8 Å². The van der Waals surface area contributed by atoms with Gasteiger partial charge in [-0.05, 0) is 54.8 Å². The fourth-order valence-corrected chi connectivity index (χ4v) is 4.84. The summed E-state index contributed by atoms with van der Waals surface area (Å²) in [6.45, 7) is 0.516. The Kier molecular flexibility index (Phi) is 6.31.